The van der Waals surface area contributed by atoms with E-state index >= 15 is 0 Å². The van der Waals surface area contributed by atoms with Gasteiger partial charge in [-0.05, 0) is 25.5 Å². The molecule has 7 nitrogen and oxygen atoms in total. The number of hydrogen-bond acceptors (Lipinski definition) is 6. The molecule has 9 heteroatoms. The molecule has 0 radical (unpaired) electrons. The van der Waals surface area contributed by atoms with Gasteiger partial charge in [0.05, 0.1) is 6.54 Å². The average molecular weight is 372 g/mol. The molecule has 3 rings (SSSR count). The molecule has 0 aromatic heterocycles. The number of carbonyl (C=O) groups is 1. The van der Waals surface area contributed by atoms with Crippen molar-refractivity contribution in [2.24, 2.45) is 0 Å². The number of hydrogen-bond donors (Lipinski definition) is 2. The van der Waals surface area contributed by atoms with Crippen molar-refractivity contribution in [1.82, 2.24) is 10.2 Å². The Hall–Kier alpha value is -2.13. The van der Waals surface area contributed by atoms with Crippen LogP contribution in [0.2, 0.25) is 0 Å². The zero-order chi connectivity index (χ0) is 18.7. The van der Waals surface area contributed by atoms with Gasteiger partial charge < -0.3 is 24.6 Å². The van der Waals surface area contributed by atoms with E-state index in [1.807, 2.05) is 11.8 Å². The van der Waals surface area contributed by atoms with Crippen molar-refractivity contribution in [3.05, 3.63) is 17.7 Å². The number of carboxylic acid groups (broad SMARTS) is 1. The Kier molecular flexibility index (Phi) is 5.77. The molecule has 1 fully saturated rings. The molecule has 0 amide bonds. The highest BCUT2D eigenvalue weighted by Crippen LogP contribution is 2.39. The molecule has 1 aromatic rings. The van der Waals surface area contributed by atoms with Gasteiger partial charge in [0.1, 0.15) is 5.75 Å². The first-order valence-electron chi connectivity index (χ1n) is 8.52. The Balaban J connectivity index is 1.56. The summed E-state index contributed by atoms with van der Waals surface area (Å²) in [6.07, 6.45) is 1.63. The maximum absolute atomic E-state index is 12.6. The third-order valence-electron chi connectivity index (χ3n) is 4.73. The van der Waals surface area contributed by atoms with Crippen molar-refractivity contribution >= 4 is 5.97 Å². The normalized spacial score (nSPS) is 21.1. The number of benzene rings is 1. The first-order valence-corrected chi connectivity index (χ1v) is 8.52. The molecule has 0 bridgehead atoms. The van der Waals surface area contributed by atoms with Crippen LogP contribution in [0.4, 0.5) is 8.78 Å². The minimum Gasteiger partial charge on any atom is -0.480 e. The van der Waals surface area contributed by atoms with Gasteiger partial charge in [0.15, 0.2) is 11.5 Å². The SMILES string of the molecule is CCN(CC(=O)O)C1CC(NCc2cc3c(cc2OC(F)F)OCO3)C1. The minimum absolute atomic E-state index is 0.0302. The molecule has 1 heterocycles. The van der Waals surface area contributed by atoms with Gasteiger partial charge in [0.2, 0.25) is 6.79 Å². The van der Waals surface area contributed by atoms with E-state index in [1.54, 1.807) is 6.07 Å². The number of carboxylic acids is 1. The number of aliphatic carboxylic acids is 1. The molecule has 26 heavy (non-hydrogen) atoms. The number of fused-ring (bicyclic) bond motifs is 1. The van der Waals surface area contributed by atoms with Crippen LogP contribution in [0.3, 0.4) is 0 Å². The van der Waals surface area contributed by atoms with Gasteiger partial charge in [0, 0.05) is 30.3 Å². The third kappa shape index (κ3) is 4.34. The Morgan fingerprint density at radius 2 is 2.08 bits per heavy atom. The highest BCUT2D eigenvalue weighted by Gasteiger charge is 2.33. The van der Waals surface area contributed by atoms with Crippen molar-refractivity contribution in [3.63, 3.8) is 0 Å². The summed E-state index contributed by atoms with van der Waals surface area (Å²) in [6.45, 7) is 0.129. The number of nitrogens with zero attached hydrogens (tertiary/aromatic N) is 1. The lowest BCUT2D eigenvalue weighted by molar-refractivity contribution is -0.139. The van der Waals surface area contributed by atoms with Crippen molar-refractivity contribution < 1.29 is 32.9 Å². The van der Waals surface area contributed by atoms with Crippen molar-refractivity contribution in [3.8, 4) is 17.2 Å². The van der Waals surface area contributed by atoms with E-state index in [1.165, 1.54) is 6.07 Å². The molecule has 144 valence electrons. The smallest absolute Gasteiger partial charge is 0.387 e. The largest absolute Gasteiger partial charge is 0.480 e. The molecular formula is C17H22F2N2O5. The van der Waals surface area contributed by atoms with Gasteiger partial charge >= 0.3 is 12.6 Å². The Morgan fingerprint density at radius 1 is 1.38 bits per heavy atom. The van der Waals surface area contributed by atoms with Crippen molar-refractivity contribution in [1.29, 1.82) is 0 Å². The van der Waals surface area contributed by atoms with E-state index in [0.29, 0.717) is 30.2 Å². The second-order valence-electron chi connectivity index (χ2n) is 6.35. The highest BCUT2D eigenvalue weighted by molar-refractivity contribution is 5.69. The number of likely N-dealkylation sites (N-methyl/N-ethyl adjacent to an activating group) is 1. The number of halogens is 2. The number of ether oxygens (including phenoxy) is 3. The molecule has 2 aliphatic rings. The summed E-state index contributed by atoms with van der Waals surface area (Å²) >= 11 is 0. The lowest BCUT2D eigenvalue weighted by atomic mass is 9.85. The van der Waals surface area contributed by atoms with Gasteiger partial charge in [-0.1, -0.05) is 6.92 Å². The van der Waals surface area contributed by atoms with Gasteiger partial charge in [-0.25, -0.2) is 0 Å². The first-order chi connectivity index (χ1) is 12.5. The van der Waals surface area contributed by atoms with Crippen LogP contribution < -0.4 is 19.5 Å². The van der Waals surface area contributed by atoms with E-state index in [-0.39, 0.29) is 31.2 Å². The standard InChI is InChI=1S/C17H22F2N2O5/c1-2-21(8-16(22)23)12-4-11(5-12)20-7-10-3-14-15(25-9-24-14)6-13(10)26-17(18)19/h3,6,11-12,17,20H,2,4-5,7-9H2,1H3,(H,22,23). The topological polar surface area (TPSA) is 80.3 Å². The molecule has 2 N–H and O–H groups in total. The second kappa shape index (κ2) is 8.05. The molecule has 1 saturated carbocycles. The quantitative estimate of drug-likeness (QED) is 0.687. The predicted molar refractivity (Wildman–Crippen MR) is 87.7 cm³/mol. The van der Waals surface area contributed by atoms with Crippen LogP contribution in [0.15, 0.2) is 12.1 Å². The van der Waals surface area contributed by atoms with Gasteiger partial charge in [-0.3, -0.25) is 9.69 Å². The monoisotopic (exact) mass is 372 g/mol. The zero-order valence-corrected chi connectivity index (χ0v) is 14.4. The summed E-state index contributed by atoms with van der Waals surface area (Å²) in [4.78, 5) is 12.8. The molecule has 1 aliphatic heterocycles. The van der Waals surface area contributed by atoms with Crippen LogP contribution in [0.1, 0.15) is 25.3 Å². The van der Waals surface area contributed by atoms with Crippen LogP contribution in [0, 0.1) is 0 Å². The maximum Gasteiger partial charge on any atom is 0.387 e. The Labute approximate surface area is 149 Å². The first kappa shape index (κ1) is 18.7. The van der Waals surface area contributed by atoms with Gasteiger partial charge in [-0.15, -0.1) is 0 Å². The fourth-order valence-electron chi connectivity index (χ4n) is 3.29. The Morgan fingerprint density at radius 3 is 2.69 bits per heavy atom. The molecule has 0 atom stereocenters. The van der Waals surface area contributed by atoms with Crippen molar-refractivity contribution in [2.75, 3.05) is 19.9 Å². The van der Waals surface area contributed by atoms with E-state index < -0.39 is 12.6 Å². The van der Waals surface area contributed by atoms with Crippen LogP contribution in [-0.2, 0) is 11.3 Å². The van der Waals surface area contributed by atoms with Crippen LogP contribution in [-0.4, -0.2) is 54.6 Å². The number of rotatable bonds is 9. The van der Waals surface area contributed by atoms with Crippen LogP contribution in [0.5, 0.6) is 17.2 Å². The summed E-state index contributed by atoms with van der Waals surface area (Å²) in [5, 5.41) is 12.2. The molecule has 1 aromatic carbocycles. The van der Waals surface area contributed by atoms with Gasteiger partial charge in [-0.2, -0.15) is 8.78 Å². The van der Waals surface area contributed by atoms with E-state index in [9.17, 15) is 13.6 Å². The molecule has 1 aliphatic carbocycles. The predicted octanol–water partition coefficient (Wildman–Crippen LogP) is 2.04. The number of alkyl halides is 2. The summed E-state index contributed by atoms with van der Waals surface area (Å²) < 4.78 is 40.4. The Bertz CT molecular complexity index is 652. The van der Waals surface area contributed by atoms with E-state index in [2.05, 4.69) is 10.1 Å². The molecule has 0 spiro atoms. The summed E-state index contributed by atoms with van der Waals surface area (Å²) in [6, 6.07) is 3.49. The zero-order valence-electron chi connectivity index (χ0n) is 14.4. The summed E-state index contributed by atoms with van der Waals surface area (Å²) in [7, 11) is 0. The van der Waals surface area contributed by atoms with Crippen LogP contribution >= 0.6 is 0 Å². The summed E-state index contributed by atoms with van der Waals surface area (Å²) in [5.41, 5.74) is 0.566. The van der Waals surface area contributed by atoms with E-state index in [4.69, 9.17) is 14.6 Å². The fraction of sp³-hybridized carbons (Fsp3) is 0.588. The highest BCUT2D eigenvalue weighted by atomic mass is 19.3. The fourth-order valence-corrected chi connectivity index (χ4v) is 3.29. The molecule has 0 unspecified atom stereocenters. The minimum atomic E-state index is -2.92. The molecule has 0 saturated heterocycles. The van der Waals surface area contributed by atoms with Crippen LogP contribution in [0.25, 0.3) is 0 Å². The maximum atomic E-state index is 12.6. The van der Waals surface area contributed by atoms with E-state index in [0.717, 1.165) is 12.8 Å². The van der Waals surface area contributed by atoms with Gasteiger partial charge in [0.25, 0.3) is 0 Å². The second-order valence-corrected chi connectivity index (χ2v) is 6.35. The summed E-state index contributed by atoms with van der Waals surface area (Å²) in [5.74, 6) is 0.125. The lowest BCUT2D eigenvalue weighted by Crippen LogP contribution is -2.53. The average Bonchev–Trinajstić information content (AvgIpc) is 2.98. The molecular weight excluding hydrogens is 350 g/mol. The number of nitrogens with one attached hydrogen (secondary N) is 1. The van der Waals surface area contributed by atoms with Crippen molar-refractivity contribution in [2.45, 2.75) is 45.0 Å². The third-order valence-corrected chi connectivity index (χ3v) is 4.73. The lowest BCUT2D eigenvalue weighted by Gasteiger charge is -2.42.